The number of aryl methyl sites for hydroxylation is 2. The second-order valence-electron chi connectivity index (χ2n) is 4.52. The van der Waals surface area contributed by atoms with E-state index in [1.165, 1.54) is 5.69 Å². The number of amides is 1. The lowest BCUT2D eigenvalue weighted by atomic mass is 10.4. The highest BCUT2D eigenvalue weighted by molar-refractivity contribution is 5.75. The Labute approximate surface area is 106 Å². The summed E-state index contributed by atoms with van der Waals surface area (Å²) in [6.07, 6.45) is 3.60. The van der Waals surface area contributed by atoms with Crippen LogP contribution in [0.3, 0.4) is 0 Å². The average molecular weight is 246 g/mol. The molecule has 0 fully saturated rings. The van der Waals surface area contributed by atoms with Crippen LogP contribution in [0, 0.1) is 13.8 Å². The van der Waals surface area contributed by atoms with Gasteiger partial charge in [0.1, 0.15) is 6.54 Å². The molecule has 0 radical (unpaired) electrons. The van der Waals surface area contributed by atoms with E-state index in [-0.39, 0.29) is 12.5 Å². The van der Waals surface area contributed by atoms with Gasteiger partial charge in [0.05, 0.1) is 12.7 Å². The fourth-order valence-electron chi connectivity index (χ4n) is 1.79. The highest BCUT2D eigenvalue weighted by Gasteiger charge is 2.05. The van der Waals surface area contributed by atoms with E-state index in [0.29, 0.717) is 6.54 Å². The molecule has 2 aromatic rings. The maximum absolute atomic E-state index is 11.7. The van der Waals surface area contributed by atoms with E-state index in [1.54, 1.807) is 10.9 Å². The highest BCUT2D eigenvalue weighted by Crippen LogP contribution is 2.05. The van der Waals surface area contributed by atoms with Crippen LogP contribution in [0.15, 0.2) is 24.5 Å². The Kier molecular flexibility index (Phi) is 3.50. The first kappa shape index (κ1) is 12.4. The molecule has 0 saturated carbocycles. The zero-order chi connectivity index (χ0) is 13.1. The zero-order valence-electron chi connectivity index (χ0n) is 11.0. The molecule has 5 heteroatoms. The van der Waals surface area contributed by atoms with Crippen molar-refractivity contribution in [2.45, 2.75) is 26.9 Å². The lowest BCUT2D eigenvalue weighted by Gasteiger charge is -2.07. The lowest BCUT2D eigenvalue weighted by Crippen LogP contribution is -2.28. The third-order valence-corrected chi connectivity index (χ3v) is 3.01. The van der Waals surface area contributed by atoms with E-state index in [0.717, 1.165) is 11.3 Å². The number of rotatable bonds is 4. The number of hydrogen-bond donors (Lipinski definition) is 1. The van der Waals surface area contributed by atoms with E-state index in [4.69, 9.17) is 0 Å². The molecule has 0 saturated heterocycles. The number of carbonyl (C=O) groups excluding carboxylic acids is 1. The molecule has 0 unspecified atom stereocenters. The van der Waals surface area contributed by atoms with Crippen molar-refractivity contribution in [2.75, 3.05) is 0 Å². The first-order valence-corrected chi connectivity index (χ1v) is 5.93. The molecule has 96 valence electrons. The van der Waals surface area contributed by atoms with Crippen molar-refractivity contribution in [3.63, 3.8) is 0 Å². The molecule has 0 aliphatic heterocycles. The van der Waals surface area contributed by atoms with Crippen LogP contribution in [0.1, 0.15) is 17.0 Å². The van der Waals surface area contributed by atoms with Crippen LogP contribution in [0.25, 0.3) is 0 Å². The predicted octanol–water partition coefficient (Wildman–Crippen LogP) is 1.15. The SMILES string of the molecule is Cc1cnn(CC(=O)NCc2ccc(C)n2C)c1. The molecule has 0 aromatic carbocycles. The summed E-state index contributed by atoms with van der Waals surface area (Å²) in [6.45, 7) is 4.80. The van der Waals surface area contributed by atoms with Gasteiger partial charge in [0, 0.05) is 24.6 Å². The molecule has 0 bridgehead atoms. The second-order valence-corrected chi connectivity index (χ2v) is 4.52. The first-order valence-electron chi connectivity index (χ1n) is 5.93. The predicted molar refractivity (Wildman–Crippen MR) is 69.0 cm³/mol. The minimum absolute atomic E-state index is 0.0306. The van der Waals surface area contributed by atoms with Crippen molar-refractivity contribution < 1.29 is 4.79 Å². The monoisotopic (exact) mass is 246 g/mol. The summed E-state index contributed by atoms with van der Waals surface area (Å²) in [5.74, 6) is -0.0306. The van der Waals surface area contributed by atoms with Crippen LogP contribution in [-0.2, 0) is 24.9 Å². The van der Waals surface area contributed by atoms with Crippen molar-refractivity contribution in [3.8, 4) is 0 Å². The Balaban J connectivity index is 1.87. The molecule has 0 aliphatic carbocycles. The summed E-state index contributed by atoms with van der Waals surface area (Å²) < 4.78 is 3.71. The van der Waals surface area contributed by atoms with Gasteiger partial charge in [-0.15, -0.1) is 0 Å². The molecule has 2 aromatic heterocycles. The third kappa shape index (κ3) is 2.80. The molecule has 0 spiro atoms. The van der Waals surface area contributed by atoms with Crippen LogP contribution in [0.2, 0.25) is 0 Å². The quantitative estimate of drug-likeness (QED) is 0.880. The Bertz CT molecular complexity index is 553. The van der Waals surface area contributed by atoms with Gasteiger partial charge in [0.15, 0.2) is 0 Å². The first-order chi connectivity index (χ1) is 8.56. The molecule has 18 heavy (non-hydrogen) atoms. The van der Waals surface area contributed by atoms with Crippen LogP contribution in [0.4, 0.5) is 0 Å². The van der Waals surface area contributed by atoms with Gasteiger partial charge in [-0.25, -0.2) is 0 Å². The zero-order valence-corrected chi connectivity index (χ0v) is 11.0. The summed E-state index contributed by atoms with van der Waals surface area (Å²) >= 11 is 0. The summed E-state index contributed by atoms with van der Waals surface area (Å²) in [4.78, 5) is 11.7. The minimum atomic E-state index is -0.0306. The smallest absolute Gasteiger partial charge is 0.242 e. The minimum Gasteiger partial charge on any atom is -0.350 e. The van der Waals surface area contributed by atoms with Crippen molar-refractivity contribution in [2.24, 2.45) is 7.05 Å². The van der Waals surface area contributed by atoms with Crippen molar-refractivity contribution in [1.82, 2.24) is 19.7 Å². The topological polar surface area (TPSA) is 51.9 Å². The number of aromatic nitrogens is 3. The van der Waals surface area contributed by atoms with Crippen molar-refractivity contribution in [1.29, 1.82) is 0 Å². The van der Waals surface area contributed by atoms with Gasteiger partial charge >= 0.3 is 0 Å². The molecular formula is C13H18N4O. The van der Waals surface area contributed by atoms with Crippen LogP contribution >= 0.6 is 0 Å². The summed E-state index contributed by atoms with van der Waals surface area (Å²) in [7, 11) is 1.99. The number of carbonyl (C=O) groups is 1. The summed E-state index contributed by atoms with van der Waals surface area (Å²) in [5, 5.41) is 6.97. The molecule has 2 rings (SSSR count). The lowest BCUT2D eigenvalue weighted by molar-refractivity contribution is -0.122. The van der Waals surface area contributed by atoms with Crippen LogP contribution in [-0.4, -0.2) is 20.3 Å². The molecule has 0 atom stereocenters. The van der Waals surface area contributed by atoms with Gasteiger partial charge in [-0.05, 0) is 31.5 Å². The Hall–Kier alpha value is -2.04. The average Bonchev–Trinajstić information content (AvgIpc) is 2.86. The summed E-state index contributed by atoms with van der Waals surface area (Å²) in [6, 6.07) is 4.06. The number of nitrogens with zero attached hydrogens (tertiary/aromatic N) is 3. The molecular weight excluding hydrogens is 228 g/mol. The molecule has 2 heterocycles. The van der Waals surface area contributed by atoms with Gasteiger partial charge < -0.3 is 9.88 Å². The number of nitrogens with one attached hydrogen (secondary N) is 1. The normalized spacial score (nSPS) is 10.6. The van der Waals surface area contributed by atoms with Gasteiger partial charge in [0.2, 0.25) is 5.91 Å². The molecule has 5 nitrogen and oxygen atoms in total. The van der Waals surface area contributed by atoms with Gasteiger partial charge in [-0.2, -0.15) is 5.10 Å². The van der Waals surface area contributed by atoms with Crippen LogP contribution in [0.5, 0.6) is 0 Å². The van der Waals surface area contributed by atoms with Gasteiger partial charge in [-0.1, -0.05) is 0 Å². The Morgan fingerprint density at radius 1 is 1.39 bits per heavy atom. The highest BCUT2D eigenvalue weighted by atomic mass is 16.2. The standard InChI is InChI=1S/C13H18N4O/c1-10-6-15-17(8-10)9-13(18)14-7-12-5-4-11(2)16(12)3/h4-6,8H,7,9H2,1-3H3,(H,14,18). The maximum Gasteiger partial charge on any atom is 0.242 e. The third-order valence-electron chi connectivity index (χ3n) is 3.01. The summed E-state index contributed by atoms with van der Waals surface area (Å²) in [5.41, 5.74) is 3.33. The van der Waals surface area contributed by atoms with Gasteiger partial charge in [0.25, 0.3) is 0 Å². The van der Waals surface area contributed by atoms with E-state index in [2.05, 4.69) is 15.0 Å². The van der Waals surface area contributed by atoms with Crippen molar-refractivity contribution >= 4 is 5.91 Å². The fourth-order valence-corrected chi connectivity index (χ4v) is 1.79. The maximum atomic E-state index is 11.7. The van der Waals surface area contributed by atoms with E-state index in [9.17, 15) is 4.79 Å². The van der Waals surface area contributed by atoms with Crippen molar-refractivity contribution in [3.05, 3.63) is 41.5 Å². The molecule has 0 aliphatic rings. The van der Waals surface area contributed by atoms with E-state index < -0.39 is 0 Å². The molecule has 1 N–H and O–H groups in total. The number of hydrogen-bond acceptors (Lipinski definition) is 2. The second kappa shape index (κ2) is 5.08. The van der Waals surface area contributed by atoms with E-state index in [1.807, 2.05) is 39.2 Å². The Morgan fingerprint density at radius 2 is 2.17 bits per heavy atom. The molecule has 1 amide bonds. The Morgan fingerprint density at radius 3 is 2.72 bits per heavy atom. The van der Waals surface area contributed by atoms with E-state index >= 15 is 0 Å². The van der Waals surface area contributed by atoms with Gasteiger partial charge in [-0.3, -0.25) is 9.48 Å². The van der Waals surface area contributed by atoms with Crippen LogP contribution < -0.4 is 5.32 Å². The largest absolute Gasteiger partial charge is 0.350 e. The fraction of sp³-hybridized carbons (Fsp3) is 0.385.